The number of hydrogen-bond acceptors (Lipinski definition) is 5. The van der Waals surface area contributed by atoms with Crippen LogP contribution in [0.1, 0.15) is 37.9 Å². The SMILES string of the molecule is O=C(C[C@@H]1C[C@H]2CC[C@H]1C2)OCc1nc2ncncc2[nH]1. The number of aromatic amines is 1. The van der Waals surface area contributed by atoms with Crippen molar-refractivity contribution in [1.29, 1.82) is 0 Å². The van der Waals surface area contributed by atoms with Gasteiger partial charge in [0.2, 0.25) is 0 Å². The van der Waals surface area contributed by atoms with Gasteiger partial charge in [-0.1, -0.05) is 6.42 Å². The molecule has 2 fully saturated rings. The van der Waals surface area contributed by atoms with Crippen molar-refractivity contribution >= 4 is 17.1 Å². The van der Waals surface area contributed by atoms with Gasteiger partial charge in [-0.3, -0.25) is 4.79 Å². The number of hydrogen-bond donors (Lipinski definition) is 1. The molecule has 21 heavy (non-hydrogen) atoms. The predicted molar refractivity (Wildman–Crippen MR) is 75.0 cm³/mol. The monoisotopic (exact) mass is 286 g/mol. The van der Waals surface area contributed by atoms with Crippen LogP contribution in [-0.4, -0.2) is 25.9 Å². The average Bonchev–Trinajstić information content (AvgIpc) is 3.19. The Morgan fingerprint density at radius 2 is 2.33 bits per heavy atom. The van der Waals surface area contributed by atoms with Crippen molar-refractivity contribution in [3.05, 3.63) is 18.3 Å². The molecule has 0 unspecified atom stereocenters. The lowest BCUT2D eigenvalue weighted by Crippen LogP contribution is -2.17. The molecule has 2 aliphatic carbocycles. The lowest BCUT2D eigenvalue weighted by atomic mass is 9.86. The van der Waals surface area contributed by atoms with Crippen LogP contribution in [0.5, 0.6) is 0 Å². The zero-order chi connectivity index (χ0) is 14.2. The van der Waals surface area contributed by atoms with Gasteiger partial charge < -0.3 is 9.72 Å². The largest absolute Gasteiger partial charge is 0.458 e. The number of aromatic nitrogens is 4. The van der Waals surface area contributed by atoms with Crippen molar-refractivity contribution in [2.75, 3.05) is 0 Å². The van der Waals surface area contributed by atoms with E-state index < -0.39 is 0 Å². The van der Waals surface area contributed by atoms with Gasteiger partial charge in [-0.2, -0.15) is 0 Å². The first-order valence-electron chi connectivity index (χ1n) is 7.58. The Kier molecular flexibility index (Phi) is 3.09. The first kappa shape index (κ1) is 12.7. The van der Waals surface area contributed by atoms with Gasteiger partial charge in [-0.15, -0.1) is 0 Å². The van der Waals surface area contributed by atoms with Crippen LogP contribution in [-0.2, 0) is 16.1 Å². The van der Waals surface area contributed by atoms with E-state index >= 15 is 0 Å². The maximum absolute atomic E-state index is 12.0. The molecule has 110 valence electrons. The van der Waals surface area contributed by atoms with Gasteiger partial charge in [0.1, 0.15) is 24.3 Å². The highest BCUT2D eigenvalue weighted by Gasteiger charge is 2.40. The number of esters is 1. The van der Waals surface area contributed by atoms with Crippen LogP contribution >= 0.6 is 0 Å². The summed E-state index contributed by atoms with van der Waals surface area (Å²) in [7, 11) is 0. The molecule has 0 spiro atoms. The maximum Gasteiger partial charge on any atom is 0.306 e. The average molecular weight is 286 g/mol. The minimum absolute atomic E-state index is 0.112. The number of nitrogens with zero attached hydrogens (tertiary/aromatic N) is 3. The fourth-order valence-corrected chi connectivity index (χ4v) is 3.93. The Bertz CT molecular complexity index is 635. The van der Waals surface area contributed by atoms with Gasteiger partial charge in [0.15, 0.2) is 5.65 Å². The molecule has 2 aromatic rings. The Hall–Kier alpha value is -1.98. The maximum atomic E-state index is 12.0. The standard InChI is InChI=1S/C15H18N4O2/c20-14(5-11-4-9-1-2-10(11)3-9)21-7-13-18-12-6-16-8-17-15(12)19-13/h6,8-11H,1-5,7H2,(H,16,17,18,19)/t9-,10-,11-/m0/s1. The van der Waals surface area contributed by atoms with Gasteiger partial charge in [0, 0.05) is 6.42 Å². The van der Waals surface area contributed by atoms with Crippen LogP contribution in [0.25, 0.3) is 11.2 Å². The summed E-state index contributed by atoms with van der Waals surface area (Å²) in [5.41, 5.74) is 1.36. The molecule has 2 heterocycles. The summed E-state index contributed by atoms with van der Waals surface area (Å²) in [4.78, 5) is 27.3. The van der Waals surface area contributed by atoms with Gasteiger partial charge in [-0.05, 0) is 37.0 Å². The van der Waals surface area contributed by atoms with Gasteiger partial charge >= 0.3 is 5.97 Å². The van der Waals surface area contributed by atoms with E-state index in [0.29, 0.717) is 23.8 Å². The molecule has 6 nitrogen and oxygen atoms in total. The third-order valence-corrected chi connectivity index (χ3v) is 4.89. The van der Waals surface area contributed by atoms with Crippen LogP contribution in [0.4, 0.5) is 0 Å². The fourth-order valence-electron chi connectivity index (χ4n) is 3.93. The molecule has 3 atom stereocenters. The number of carbonyl (C=O) groups is 1. The third-order valence-electron chi connectivity index (χ3n) is 4.89. The highest BCUT2D eigenvalue weighted by atomic mass is 16.5. The van der Waals surface area contributed by atoms with Gasteiger partial charge in [0.25, 0.3) is 0 Å². The van der Waals surface area contributed by atoms with Crippen molar-refractivity contribution in [2.24, 2.45) is 17.8 Å². The molecule has 4 rings (SSSR count). The zero-order valence-corrected chi connectivity index (χ0v) is 11.8. The highest BCUT2D eigenvalue weighted by molar-refractivity contribution is 5.70. The van der Waals surface area contributed by atoms with E-state index in [2.05, 4.69) is 19.9 Å². The Balaban J connectivity index is 1.32. The fraction of sp³-hybridized carbons (Fsp3) is 0.600. The summed E-state index contributed by atoms with van der Waals surface area (Å²) < 4.78 is 5.35. The van der Waals surface area contributed by atoms with Crippen LogP contribution in [0.3, 0.4) is 0 Å². The first-order chi connectivity index (χ1) is 10.3. The van der Waals surface area contributed by atoms with Crippen LogP contribution in [0, 0.1) is 17.8 Å². The van der Waals surface area contributed by atoms with Crippen molar-refractivity contribution in [1.82, 2.24) is 19.9 Å². The molecular weight excluding hydrogens is 268 g/mol. The highest BCUT2D eigenvalue weighted by Crippen LogP contribution is 2.49. The molecule has 2 aromatic heterocycles. The lowest BCUT2D eigenvalue weighted by molar-refractivity contribution is -0.146. The minimum atomic E-state index is -0.112. The third kappa shape index (κ3) is 2.50. The molecule has 2 aliphatic rings. The smallest absolute Gasteiger partial charge is 0.306 e. The second kappa shape index (κ2) is 5.09. The van der Waals surface area contributed by atoms with Crippen LogP contribution in [0.15, 0.2) is 12.5 Å². The molecule has 0 aliphatic heterocycles. The van der Waals surface area contributed by atoms with E-state index in [0.717, 1.165) is 17.4 Å². The van der Waals surface area contributed by atoms with Crippen molar-refractivity contribution in [2.45, 2.75) is 38.7 Å². The number of H-pyrrole nitrogens is 1. The molecule has 2 saturated carbocycles. The summed E-state index contributed by atoms with van der Waals surface area (Å²) in [5, 5.41) is 0. The number of imidazole rings is 1. The van der Waals surface area contributed by atoms with E-state index in [-0.39, 0.29) is 12.6 Å². The minimum Gasteiger partial charge on any atom is -0.458 e. The van der Waals surface area contributed by atoms with E-state index in [1.54, 1.807) is 6.20 Å². The van der Waals surface area contributed by atoms with Crippen molar-refractivity contribution in [3.8, 4) is 0 Å². The van der Waals surface area contributed by atoms with E-state index in [4.69, 9.17) is 4.74 Å². The summed E-state index contributed by atoms with van der Waals surface area (Å²) in [6.45, 7) is 0.177. The number of rotatable bonds is 4. The molecule has 0 amide bonds. The van der Waals surface area contributed by atoms with E-state index in [1.165, 1.54) is 32.0 Å². The van der Waals surface area contributed by atoms with E-state index in [9.17, 15) is 4.79 Å². The normalized spacial score (nSPS) is 27.3. The first-order valence-corrected chi connectivity index (χ1v) is 7.58. The second-order valence-corrected chi connectivity index (χ2v) is 6.24. The predicted octanol–water partition coefficient (Wildman–Crippen LogP) is 2.22. The molecule has 0 aromatic carbocycles. The van der Waals surface area contributed by atoms with Crippen LogP contribution < -0.4 is 0 Å². The molecule has 6 heteroatoms. The number of nitrogens with one attached hydrogen (secondary N) is 1. The second-order valence-electron chi connectivity index (χ2n) is 6.24. The molecule has 0 radical (unpaired) electrons. The molecular formula is C15H18N4O2. The number of ether oxygens (including phenoxy) is 1. The Morgan fingerprint density at radius 1 is 1.38 bits per heavy atom. The zero-order valence-electron chi connectivity index (χ0n) is 11.8. The van der Waals surface area contributed by atoms with Crippen molar-refractivity contribution < 1.29 is 9.53 Å². The quantitative estimate of drug-likeness (QED) is 0.872. The topological polar surface area (TPSA) is 80.8 Å². The number of carbonyl (C=O) groups excluding carboxylic acids is 1. The van der Waals surface area contributed by atoms with Crippen molar-refractivity contribution in [3.63, 3.8) is 0 Å². The van der Waals surface area contributed by atoms with E-state index in [1.807, 2.05) is 0 Å². The number of fused-ring (bicyclic) bond motifs is 3. The molecule has 1 N–H and O–H groups in total. The summed E-state index contributed by atoms with van der Waals surface area (Å²) in [6.07, 6.45) is 8.85. The van der Waals surface area contributed by atoms with Crippen LogP contribution in [0.2, 0.25) is 0 Å². The van der Waals surface area contributed by atoms with Gasteiger partial charge in [0.05, 0.1) is 6.20 Å². The Labute approximate surface area is 122 Å². The summed E-state index contributed by atoms with van der Waals surface area (Å²) in [5.74, 6) is 2.66. The molecule has 0 saturated heterocycles. The van der Waals surface area contributed by atoms with Gasteiger partial charge in [-0.25, -0.2) is 15.0 Å². The summed E-state index contributed by atoms with van der Waals surface area (Å²) in [6, 6.07) is 0. The molecule has 2 bridgehead atoms. The lowest BCUT2D eigenvalue weighted by Gasteiger charge is -2.20. The Morgan fingerprint density at radius 3 is 3.10 bits per heavy atom. The summed E-state index contributed by atoms with van der Waals surface area (Å²) >= 11 is 0.